The maximum atomic E-state index is 12.7. The van der Waals surface area contributed by atoms with Crippen molar-refractivity contribution in [2.45, 2.75) is 58.8 Å². The van der Waals surface area contributed by atoms with Crippen LogP contribution in [0.5, 0.6) is 0 Å². The molecule has 3 heterocycles. The van der Waals surface area contributed by atoms with Gasteiger partial charge in [-0.2, -0.15) is 0 Å². The molecule has 5 heteroatoms. The number of rotatable bonds is 2. The molecule has 1 aromatic carbocycles. The van der Waals surface area contributed by atoms with Gasteiger partial charge in [-0.05, 0) is 43.2 Å². The molecule has 5 nitrogen and oxygen atoms in total. The highest BCUT2D eigenvalue weighted by molar-refractivity contribution is 5.97. The number of hydrogen-bond donors (Lipinski definition) is 0. The summed E-state index contributed by atoms with van der Waals surface area (Å²) in [7, 11) is 0. The van der Waals surface area contributed by atoms with Gasteiger partial charge in [0.05, 0.1) is 18.2 Å². The Balaban J connectivity index is 1.80. The minimum absolute atomic E-state index is 0.00854. The van der Waals surface area contributed by atoms with Crippen molar-refractivity contribution in [2.24, 2.45) is 0 Å². The fourth-order valence-electron chi connectivity index (χ4n) is 4.10. The Morgan fingerprint density at radius 1 is 1.07 bits per heavy atom. The number of aryl methyl sites for hydroxylation is 1. The number of fused-ring (bicyclic) bond motifs is 2. The van der Waals surface area contributed by atoms with E-state index < -0.39 is 5.63 Å². The summed E-state index contributed by atoms with van der Waals surface area (Å²) in [5.41, 5.74) is 3.10. The van der Waals surface area contributed by atoms with E-state index in [0.29, 0.717) is 16.7 Å². The first-order valence-electron chi connectivity index (χ1n) is 10.0. The molecule has 0 aliphatic carbocycles. The van der Waals surface area contributed by atoms with Crippen molar-refractivity contribution >= 4 is 27.8 Å². The SMILES string of the molecule is Cc1c(CC(=O)N2CCCCC2)c(=O)oc2cc3occ(C(C)(C)C)c3cc12. The Hall–Kier alpha value is -2.56. The first-order valence-corrected chi connectivity index (χ1v) is 10.0. The summed E-state index contributed by atoms with van der Waals surface area (Å²) in [6, 6.07) is 3.81. The van der Waals surface area contributed by atoms with E-state index >= 15 is 0 Å². The third kappa shape index (κ3) is 3.23. The molecule has 3 aromatic rings. The number of hydrogen-bond acceptors (Lipinski definition) is 4. The third-order valence-electron chi connectivity index (χ3n) is 5.83. The first kappa shape index (κ1) is 18.8. The normalized spacial score (nSPS) is 15.5. The fourth-order valence-corrected chi connectivity index (χ4v) is 4.10. The molecule has 0 atom stereocenters. The number of furan rings is 1. The average molecular weight is 381 g/mol. The van der Waals surface area contributed by atoms with Crippen molar-refractivity contribution < 1.29 is 13.6 Å². The molecule has 0 saturated carbocycles. The Morgan fingerprint density at radius 2 is 1.79 bits per heavy atom. The summed E-state index contributed by atoms with van der Waals surface area (Å²) < 4.78 is 11.3. The number of carbonyl (C=O) groups excluding carboxylic acids is 1. The second-order valence-corrected chi connectivity index (χ2v) is 8.86. The molecule has 1 aliphatic heterocycles. The molecule has 0 unspecified atom stereocenters. The first-order chi connectivity index (χ1) is 13.3. The average Bonchev–Trinajstić information content (AvgIpc) is 3.07. The van der Waals surface area contributed by atoms with Crippen molar-refractivity contribution in [1.82, 2.24) is 4.90 Å². The zero-order valence-electron chi connectivity index (χ0n) is 17.1. The molecule has 0 N–H and O–H groups in total. The minimum atomic E-state index is -0.433. The lowest BCUT2D eigenvalue weighted by atomic mass is 9.86. The summed E-state index contributed by atoms with van der Waals surface area (Å²) in [4.78, 5) is 27.2. The van der Waals surface area contributed by atoms with Crippen LogP contribution in [-0.2, 0) is 16.6 Å². The summed E-state index contributed by atoms with van der Waals surface area (Å²) >= 11 is 0. The monoisotopic (exact) mass is 381 g/mol. The van der Waals surface area contributed by atoms with Gasteiger partial charge in [0.25, 0.3) is 0 Å². The number of amides is 1. The molecule has 1 saturated heterocycles. The predicted molar refractivity (Wildman–Crippen MR) is 110 cm³/mol. The highest BCUT2D eigenvalue weighted by atomic mass is 16.4. The number of piperidine rings is 1. The van der Waals surface area contributed by atoms with Gasteiger partial charge in [0.2, 0.25) is 5.91 Å². The number of likely N-dealkylation sites (tertiary alicyclic amines) is 1. The van der Waals surface area contributed by atoms with Gasteiger partial charge in [0, 0.05) is 35.5 Å². The summed E-state index contributed by atoms with van der Waals surface area (Å²) in [5, 5.41) is 1.88. The Morgan fingerprint density at radius 3 is 2.46 bits per heavy atom. The van der Waals surface area contributed by atoms with Crippen LogP contribution in [0.15, 0.2) is 32.0 Å². The fraction of sp³-hybridized carbons (Fsp3) is 0.478. The van der Waals surface area contributed by atoms with E-state index in [4.69, 9.17) is 8.83 Å². The Labute approximate surface area is 164 Å². The highest BCUT2D eigenvalue weighted by Crippen LogP contribution is 2.35. The molecular formula is C23H27NO4. The van der Waals surface area contributed by atoms with Crippen molar-refractivity contribution in [1.29, 1.82) is 0 Å². The molecule has 1 aliphatic rings. The lowest BCUT2D eigenvalue weighted by Gasteiger charge is -2.26. The molecule has 0 spiro atoms. The van der Waals surface area contributed by atoms with Crippen molar-refractivity contribution in [2.75, 3.05) is 13.1 Å². The highest BCUT2D eigenvalue weighted by Gasteiger charge is 2.23. The van der Waals surface area contributed by atoms with E-state index in [2.05, 4.69) is 20.8 Å². The van der Waals surface area contributed by atoms with E-state index in [9.17, 15) is 9.59 Å². The zero-order chi connectivity index (χ0) is 20.1. The quantitative estimate of drug-likeness (QED) is 0.604. The largest absolute Gasteiger partial charge is 0.464 e. The van der Waals surface area contributed by atoms with E-state index in [1.807, 2.05) is 17.9 Å². The zero-order valence-corrected chi connectivity index (χ0v) is 17.1. The van der Waals surface area contributed by atoms with Gasteiger partial charge in [-0.3, -0.25) is 4.79 Å². The molecule has 28 heavy (non-hydrogen) atoms. The second kappa shape index (κ2) is 6.80. The van der Waals surface area contributed by atoms with Crippen LogP contribution in [0.25, 0.3) is 21.9 Å². The van der Waals surface area contributed by atoms with Gasteiger partial charge in [0.1, 0.15) is 11.2 Å². The van der Waals surface area contributed by atoms with Crippen molar-refractivity contribution in [3.8, 4) is 0 Å². The summed E-state index contributed by atoms with van der Waals surface area (Å²) in [6.07, 6.45) is 5.10. The van der Waals surface area contributed by atoms with E-state index in [-0.39, 0.29) is 17.7 Å². The molecule has 148 valence electrons. The van der Waals surface area contributed by atoms with Crippen molar-refractivity contribution in [3.05, 3.63) is 45.5 Å². The maximum absolute atomic E-state index is 12.7. The maximum Gasteiger partial charge on any atom is 0.340 e. The van der Waals surface area contributed by atoms with Gasteiger partial charge < -0.3 is 13.7 Å². The topological polar surface area (TPSA) is 63.7 Å². The minimum Gasteiger partial charge on any atom is -0.464 e. The Bertz CT molecular complexity index is 1110. The smallest absolute Gasteiger partial charge is 0.340 e. The molecule has 1 fully saturated rings. The molecule has 4 rings (SSSR count). The van der Waals surface area contributed by atoms with Gasteiger partial charge >= 0.3 is 5.63 Å². The van der Waals surface area contributed by atoms with E-state index in [0.717, 1.165) is 54.3 Å². The standard InChI is InChI=1S/C23H27NO4/c1-14-15-10-17-18(23(2,3)4)13-27-19(17)12-20(15)28-22(26)16(14)11-21(25)24-8-6-5-7-9-24/h10,12-13H,5-9,11H2,1-4H3. The van der Waals surface area contributed by atoms with Gasteiger partial charge in [-0.1, -0.05) is 20.8 Å². The molecule has 0 radical (unpaired) electrons. The molecule has 0 bridgehead atoms. The lowest BCUT2D eigenvalue weighted by Crippen LogP contribution is -2.37. The number of nitrogens with zero attached hydrogens (tertiary/aromatic N) is 1. The lowest BCUT2D eigenvalue weighted by molar-refractivity contribution is -0.131. The van der Waals surface area contributed by atoms with Crippen LogP contribution in [0, 0.1) is 6.92 Å². The molecule has 1 amide bonds. The predicted octanol–water partition coefficient (Wildman–Crippen LogP) is 4.70. The van der Waals surface area contributed by atoms with Crippen LogP contribution in [0.3, 0.4) is 0 Å². The van der Waals surface area contributed by atoms with Gasteiger partial charge in [-0.25, -0.2) is 4.79 Å². The van der Waals surface area contributed by atoms with Crippen LogP contribution in [0.1, 0.15) is 56.7 Å². The number of benzene rings is 1. The second-order valence-electron chi connectivity index (χ2n) is 8.86. The van der Waals surface area contributed by atoms with Crippen LogP contribution >= 0.6 is 0 Å². The Kier molecular flexibility index (Phi) is 4.56. The van der Waals surface area contributed by atoms with Crippen LogP contribution in [-0.4, -0.2) is 23.9 Å². The van der Waals surface area contributed by atoms with Gasteiger partial charge in [-0.15, -0.1) is 0 Å². The van der Waals surface area contributed by atoms with Crippen molar-refractivity contribution in [3.63, 3.8) is 0 Å². The van der Waals surface area contributed by atoms with Gasteiger partial charge in [0.15, 0.2) is 0 Å². The molecular weight excluding hydrogens is 354 g/mol. The van der Waals surface area contributed by atoms with Crippen LogP contribution in [0.4, 0.5) is 0 Å². The number of carbonyl (C=O) groups is 1. The summed E-state index contributed by atoms with van der Waals surface area (Å²) in [5.74, 6) is 0.00854. The van der Waals surface area contributed by atoms with Crippen LogP contribution < -0.4 is 5.63 Å². The third-order valence-corrected chi connectivity index (χ3v) is 5.83. The van der Waals surface area contributed by atoms with E-state index in [1.165, 1.54) is 0 Å². The van der Waals surface area contributed by atoms with Crippen LogP contribution in [0.2, 0.25) is 0 Å². The molecule has 2 aromatic heterocycles. The summed E-state index contributed by atoms with van der Waals surface area (Å²) in [6.45, 7) is 9.88. The van der Waals surface area contributed by atoms with E-state index in [1.54, 1.807) is 12.3 Å².